The molecule has 0 aromatic heterocycles. The van der Waals surface area contributed by atoms with Crippen molar-refractivity contribution in [2.75, 3.05) is 4.90 Å². The lowest BCUT2D eigenvalue weighted by Gasteiger charge is -2.52. The number of amides is 2. The SMILES string of the molecule is O=C1[C@@H]2C3c4ccccc4C(C=Nc4ccc(I)cc4)(c4ccccc43)[C@@H]2C(=O)N1c1cccc2ccccc12. The van der Waals surface area contributed by atoms with Gasteiger partial charge in [-0.25, -0.2) is 4.90 Å². The number of carbonyl (C=O) groups is 2. The van der Waals surface area contributed by atoms with Gasteiger partial charge in [-0.15, -0.1) is 0 Å². The molecular weight excluding hydrogens is 607 g/mol. The second-order valence-corrected chi connectivity index (χ2v) is 12.0. The Kier molecular flexibility index (Phi) is 5.17. The molecule has 40 heavy (non-hydrogen) atoms. The van der Waals surface area contributed by atoms with Gasteiger partial charge in [-0.05, 0) is 80.6 Å². The number of rotatable bonds is 3. The molecule has 5 heteroatoms. The highest BCUT2D eigenvalue weighted by atomic mass is 127. The highest BCUT2D eigenvalue weighted by Gasteiger charge is 2.68. The molecule has 5 aromatic carbocycles. The van der Waals surface area contributed by atoms with Gasteiger partial charge in [0.2, 0.25) is 11.8 Å². The number of benzene rings is 5. The predicted molar refractivity (Wildman–Crippen MR) is 166 cm³/mol. The smallest absolute Gasteiger partial charge is 0.239 e. The van der Waals surface area contributed by atoms with Crippen molar-refractivity contribution in [1.82, 2.24) is 0 Å². The minimum Gasteiger partial charge on any atom is -0.274 e. The first-order chi connectivity index (χ1) is 19.6. The largest absolute Gasteiger partial charge is 0.274 e. The summed E-state index contributed by atoms with van der Waals surface area (Å²) in [7, 11) is 0. The molecule has 0 radical (unpaired) electrons. The van der Waals surface area contributed by atoms with Crippen molar-refractivity contribution in [2.24, 2.45) is 16.8 Å². The zero-order chi connectivity index (χ0) is 27.0. The lowest BCUT2D eigenvalue weighted by molar-refractivity contribution is -0.122. The third-order valence-electron chi connectivity index (χ3n) is 8.94. The lowest BCUT2D eigenvalue weighted by Crippen LogP contribution is -2.54. The second-order valence-electron chi connectivity index (χ2n) is 10.8. The molecule has 1 saturated heterocycles. The highest BCUT2D eigenvalue weighted by Crippen LogP contribution is 2.64. The van der Waals surface area contributed by atoms with Crippen LogP contribution in [0.25, 0.3) is 10.8 Å². The third kappa shape index (κ3) is 3.09. The van der Waals surface area contributed by atoms with Crippen molar-refractivity contribution in [1.29, 1.82) is 0 Å². The van der Waals surface area contributed by atoms with Gasteiger partial charge in [-0.1, -0.05) is 84.9 Å². The summed E-state index contributed by atoms with van der Waals surface area (Å²) in [6, 6.07) is 38.4. The monoisotopic (exact) mass is 630 g/mol. The molecule has 4 aliphatic rings. The van der Waals surface area contributed by atoms with E-state index >= 15 is 0 Å². The van der Waals surface area contributed by atoms with E-state index in [1.54, 1.807) is 0 Å². The minimum atomic E-state index is -0.873. The molecule has 1 heterocycles. The number of fused-ring (bicyclic) bond motifs is 1. The Morgan fingerprint density at radius 2 is 1.32 bits per heavy atom. The number of carbonyl (C=O) groups excluding carboxylic acids is 2. The van der Waals surface area contributed by atoms with Gasteiger partial charge in [0.25, 0.3) is 0 Å². The van der Waals surface area contributed by atoms with Crippen LogP contribution in [0.3, 0.4) is 0 Å². The molecule has 2 bridgehead atoms. The van der Waals surface area contributed by atoms with Crippen LogP contribution >= 0.6 is 22.6 Å². The van der Waals surface area contributed by atoms with Gasteiger partial charge in [-0.2, -0.15) is 0 Å². The normalized spacial score (nSPS) is 24.4. The fourth-order valence-electron chi connectivity index (χ4n) is 7.39. The average molecular weight is 630 g/mol. The topological polar surface area (TPSA) is 49.7 Å². The second kappa shape index (κ2) is 8.70. The summed E-state index contributed by atoms with van der Waals surface area (Å²) in [5.41, 5.74) is 4.94. The van der Waals surface area contributed by atoms with Crippen molar-refractivity contribution in [3.63, 3.8) is 0 Å². The van der Waals surface area contributed by atoms with Gasteiger partial charge in [-0.3, -0.25) is 14.6 Å². The molecule has 192 valence electrons. The number of aliphatic imine (C=N–C) groups is 1. The Labute approximate surface area is 245 Å². The summed E-state index contributed by atoms with van der Waals surface area (Å²) >= 11 is 2.28. The molecular formula is C35H23IN2O2. The fraction of sp³-hybridized carbons (Fsp3) is 0.114. The van der Waals surface area contributed by atoms with Crippen LogP contribution in [0.15, 0.2) is 120 Å². The van der Waals surface area contributed by atoms with Crippen molar-refractivity contribution >= 4 is 62.8 Å². The van der Waals surface area contributed by atoms with E-state index in [4.69, 9.17) is 4.99 Å². The van der Waals surface area contributed by atoms with Crippen molar-refractivity contribution in [3.05, 3.63) is 141 Å². The van der Waals surface area contributed by atoms with Gasteiger partial charge in [0.1, 0.15) is 0 Å². The molecule has 0 unspecified atom stereocenters. The van der Waals surface area contributed by atoms with Crippen LogP contribution in [-0.4, -0.2) is 18.0 Å². The number of imide groups is 1. The summed E-state index contributed by atoms with van der Waals surface area (Å²) in [6.45, 7) is 0. The van der Waals surface area contributed by atoms with E-state index in [-0.39, 0.29) is 17.7 Å². The fourth-order valence-corrected chi connectivity index (χ4v) is 7.75. The predicted octanol–water partition coefficient (Wildman–Crippen LogP) is 7.40. The van der Waals surface area contributed by atoms with Crippen molar-refractivity contribution in [2.45, 2.75) is 11.3 Å². The number of halogens is 1. The van der Waals surface area contributed by atoms with Crippen LogP contribution < -0.4 is 4.90 Å². The number of hydrogen-bond acceptors (Lipinski definition) is 3. The summed E-state index contributed by atoms with van der Waals surface area (Å²) in [5.74, 6) is -1.59. The van der Waals surface area contributed by atoms with Gasteiger partial charge in [0.05, 0.1) is 28.6 Å². The third-order valence-corrected chi connectivity index (χ3v) is 9.65. The quantitative estimate of drug-likeness (QED) is 0.119. The van der Waals surface area contributed by atoms with Gasteiger partial charge in [0, 0.05) is 21.1 Å². The van der Waals surface area contributed by atoms with Gasteiger partial charge in [0.15, 0.2) is 0 Å². The molecule has 0 spiro atoms. The maximum absolute atomic E-state index is 14.7. The standard InChI is InChI=1S/C35H23IN2O2/c36-22-16-18-23(19-17-22)37-20-35-27-13-5-3-11-25(27)30(26-12-4-6-14-28(26)35)31-32(35)34(40)38(33(31)39)29-15-7-9-21-8-1-2-10-24(21)29/h1-20,30-32H/t30?,31-,32+,35?/m1/s1. The van der Waals surface area contributed by atoms with Crippen LogP contribution in [0, 0.1) is 15.4 Å². The summed E-state index contributed by atoms with van der Waals surface area (Å²) < 4.78 is 1.13. The molecule has 1 aliphatic heterocycles. The Morgan fingerprint density at radius 1 is 0.700 bits per heavy atom. The summed E-state index contributed by atoms with van der Waals surface area (Å²) in [6.07, 6.45) is 1.96. The van der Waals surface area contributed by atoms with Gasteiger partial charge < -0.3 is 0 Å². The van der Waals surface area contributed by atoms with Crippen molar-refractivity contribution < 1.29 is 9.59 Å². The maximum atomic E-state index is 14.7. The zero-order valence-electron chi connectivity index (χ0n) is 21.4. The molecule has 0 saturated carbocycles. The van der Waals surface area contributed by atoms with Crippen LogP contribution in [0.5, 0.6) is 0 Å². The average Bonchev–Trinajstić information content (AvgIpc) is 3.27. The van der Waals surface area contributed by atoms with E-state index in [1.165, 1.54) is 4.90 Å². The Bertz CT molecular complexity index is 1840. The molecule has 5 aromatic rings. The molecule has 0 N–H and O–H groups in total. The van der Waals surface area contributed by atoms with Crippen LogP contribution in [0.2, 0.25) is 0 Å². The Morgan fingerprint density at radius 3 is 2.05 bits per heavy atom. The lowest BCUT2D eigenvalue weighted by atomic mass is 9.47. The molecule has 2 atom stereocenters. The van der Waals surface area contributed by atoms with E-state index in [1.807, 2.05) is 97.2 Å². The molecule has 9 rings (SSSR count). The van der Waals surface area contributed by atoms with Crippen LogP contribution in [-0.2, 0) is 15.0 Å². The van der Waals surface area contributed by atoms with Crippen LogP contribution in [0.4, 0.5) is 11.4 Å². The molecule has 1 fully saturated rings. The summed E-state index contributed by atoms with van der Waals surface area (Å²) in [5, 5.41) is 1.90. The first kappa shape index (κ1) is 23.8. The highest BCUT2D eigenvalue weighted by molar-refractivity contribution is 14.1. The maximum Gasteiger partial charge on any atom is 0.239 e. The van der Waals surface area contributed by atoms with Gasteiger partial charge >= 0.3 is 0 Å². The molecule has 3 aliphatic carbocycles. The zero-order valence-corrected chi connectivity index (χ0v) is 23.5. The van der Waals surface area contributed by atoms with E-state index in [0.29, 0.717) is 5.69 Å². The minimum absolute atomic E-state index is 0.132. The number of anilines is 1. The van der Waals surface area contributed by atoms with E-state index < -0.39 is 17.3 Å². The van der Waals surface area contributed by atoms with E-state index in [2.05, 4.69) is 46.9 Å². The Balaban J connectivity index is 1.40. The van der Waals surface area contributed by atoms with Crippen molar-refractivity contribution in [3.8, 4) is 0 Å². The molecule has 4 nitrogen and oxygen atoms in total. The number of nitrogens with zero attached hydrogens (tertiary/aromatic N) is 2. The Hall–Kier alpha value is -4.10. The van der Waals surface area contributed by atoms with E-state index in [0.717, 1.165) is 42.3 Å². The van der Waals surface area contributed by atoms with Crippen LogP contribution in [0.1, 0.15) is 28.2 Å². The molecule has 2 amide bonds. The number of hydrogen-bond donors (Lipinski definition) is 0. The van der Waals surface area contributed by atoms with E-state index in [9.17, 15) is 9.59 Å². The first-order valence-electron chi connectivity index (χ1n) is 13.4. The first-order valence-corrected chi connectivity index (χ1v) is 14.5. The summed E-state index contributed by atoms with van der Waals surface area (Å²) in [4.78, 5) is 35.7.